The Hall–Kier alpha value is -0.920. The zero-order chi connectivity index (χ0) is 14.8. The van der Waals surface area contributed by atoms with Crippen molar-refractivity contribution in [3.63, 3.8) is 0 Å². The van der Waals surface area contributed by atoms with Gasteiger partial charge in [-0.2, -0.15) is 0 Å². The zero-order valence-electron chi connectivity index (χ0n) is 11.7. The van der Waals surface area contributed by atoms with Crippen LogP contribution in [0, 0.1) is 11.3 Å². The van der Waals surface area contributed by atoms with Crippen molar-refractivity contribution in [1.29, 1.82) is 0 Å². The Labute approximate surface area is 119 Å². The summed E-state index contributed by atoms with van der Waals surface area (Å²) in [6, 6.07) is 0. The maximum atomic E-state index is 11.6. The molecular weight excluding hydrogens is 280 g/mol. The van der Waals surface area contributed by atoms with E-state index in [1.54, 1.807) is 6.20 Å². The lowest BCUT2D eigenvalue weighted by molar-refractivity contribution is 0.00491. The lowest BCUT2D eigenvalue weighted by Crippen LogP contribution is -2.39. The van der Waals surface area contributed by atoms with Crippen LogP contribution in [0.25, 0.3) is 0 Å². The van der Waals surface area contributed by atoms with Crippen LogP contribution < -0.4 is 0 Å². The first kappa shape index (κ1) is 15.5. The van der Waals surface area contributed by atoms with Crippen molar-refractivity contribution in [1.82, 2.24) is 9.55 Å². The van der Waals surface area contributed by atoms with Crippen LogP contribution in [-0.2, 0) is 23.3 Å². The normalized spacial score (nSPS) is 22.2. The third-order valence-corrected chi connectivity index (χ3v) is 6.26. The summed E-state index contributed by atoms with van der Waals surface area (Å²) in [4.78, 5) is 4.22. The Morgan fingerprint density at radius 2 is 2.15 bits per heavy atom. The Morgan fingerprint density at radius 3 is 2.60 bits per heavy atom. The number of aliphatic hydroxyl groups excluding tert-OH is 2. The molecule has 2 heterocycles. The van der Waals surface area contributed by atoms with Crippen LogP contribution in [0.5, 0.6) is 0 Å². The van der Waals surface area contributed by atoms with Crippen molar-refractivity contribution >= 4 is 9.84 Å². The molecule has 0 amide bonds. The Balaban J connectivity index is 2.11. The predicted molar refractivity (Wildman–Crippen MR) is 74.9 cm³/mol. The highest BCUT2D eigenvalue weighted by Gasteiger charge is 2.43. The second-order valence-corrected chi connectivity index (χ2v) is 7.96. The maximum Gasteiger partial charge on any atom is 0.150 e. The van der Waals surface area contributed by atoms with E-state index in [9.17, 15) is 18.6 Å². The Morgan fingerprint density at radius 1 is 1.45 bits per heavy atom. The molecule has 1 atom stereocenters. The summed E-state index contributed by atoms with van der Waals surface area (Å²) in [5.74, 6) is 0.913. The van der Waals surface area contributed by atoms with E-state index in [2.05, 4.69) is 4.98 Å². The lowest BCUT2D eigenvalue weighted by Gasteiger charge is -2.35. The predicted octanol–water partition coefficient (Wildman–Crippen LogP) is -0.242. The molecule has 2 rings (SSSR count). The van der Waals surface area contributed by atoms with E-state index < -0.39 is 15.3 Å². The van der Waals surface area contributed by atoms with Crippen LogP contribution in [0.1, 0.15) is 18.7 Å². The largest absolute Gasteiger partial charge is 0.396 e. The molecule has 0 aromatic carbocycles. The summed E-state index contributed by atoms with van der Waals surface area (Å²) >= 11 is 0. The van der Waals surface area contributed by atoms with Gasteiger partial charge >= 0.3 is 0 Å². The fourth-order valence-electron chi connectivity index (χ4n) is 2.95. The lowest BCUT2D eigenvalue weighted by atomic mass is 9.73. The van der Waals surface area contributed by atoms with Gasteiger partial charge in [0.25, 0.3) is 0 Å². The third-order valence-electron chi connectivity index (χ3n) is 4.50. The summed E-state index contributed by atoms with van der Waals surface area (Å²) in [5, 5.41) is 19.4. The van der Waals surface area contributed by atoms with E-state index >= 15 is 0 Å². The van der Waals surface area contributed by atoms with Crippen LogP contribution in [0.15, 0.2) is 12.4 Å². The van der Waals surface area contributed by atoms with Gasteiger partial charge in [-0.15, -0.1) is 0 Å². The number of rotatable bonds is 6. The summed E-state index contributed by atoms with van der Waals surface area (Å²) in [6.45, 7) is -0.401. The molecule has 0 saturated carbocycles. The van der Waals surface area contributed by atoms with Gasteiger partial charge in [-0.1, -0.05) is 0 Å². The highest BCUT2D eigenvalue weighted by molar-refractivity contribution is 7.91. The SMILES string of the molecule is Cn1ccnc1CCC(CO)(CO)C1CCS(=O)(=O)C1. The molecule has 0 bridgehead atoms. The van der Waals surface area contributed by atoms with E-state index in [1.165, 1.54) is 0 Å². The van der Waals surface area contributed by atoms with Gasteiger partial charge < -0.3 is 14.8 Å². The fraction of sp³-hybridized carbons (Fsp3) is 0.769. The molecule has 7 heteroatoms. The van der Waals surface area contributed by atoms with E-state index in [-0.39, 0.29) is 30.6 Å². The molecule has 1 aromatic heterocycles. The Bertz CT molecular complexity index is 548. The maximum absolute atomic E-state index is 11.6. The monoisotopic (exact) mass is 302 g/mol. The number of hydrogen-bond acceptors (Lipinski definition) is 5. The minimum Gasteiger partial charge on any atom is -0.396 e. The average molecular weight is 302 g/mol. The second-order valence-electron chi connectivity index (χ2n) is 5.73. The molecule has 6 nitrogen and oxygen atoms in total. The van der Waals surface area contributed by atoms with Gasteiger partial charge in [-0.05, 0) is 18.8 Å². The van der Waals surface area contributed by atoms with Crippen molar-refractivity contribution < 1.29 is 18.6 Å². The minimum absolute atomic E-state index is 0.0642. The fourth-order valence-corrected chi connectivity index (χ4v) is 4.89. The van der Waals surface area contributed by atoms with Crippen LogP contribution in [0.3, 0.4) is 0 Å². The van der Waals surface area contributed by atoms with E-state index in [1.807, 2.05) is 17.8 Å². The number of aromatic nitrogens is 2. The number of nitrogens with zero attached hydrogens (tertiary/aromatic N) is 2. The number of sulfone groups is 1. The standard InChI is InChI=1S/C13H22N2O4S/c1-15-6-5-14-12(15)2-4-13(9-16,10-17)11-3-7-20(18,19)8-11/h5-6,11,16-17H,2-4,7-10H2,1H3. The highest BCUT2D eigenvalue weighted by atomic mass is 32.2. The smallest absolute Gasteiger partial charge is 0.150 e. The summed E-state index contributed by atoms with van der Waals surface area (Å²) in [7, 11) is -1.13. The summed E-state index contributed by atoms with van der Waals surface area (Å²) < 4.78 is 25.1. The third kappa shape index (κ3) is 3.05. The van der Waals surface area contributed by atoms with E-state index in [0.717, 1.165) is 5.82 Å². The summed E-state index contributed by atoms with van der Waals surface area (Å²) in [5.41, 5.74) is -0.741. The van der Waals surface area contributed by atoms with Gasteiger partial charge in [0.05, 0.1) is 24.7 Å². The van der Waals surface area contributed by atoms with Crippen molar-refractivity contribution in [3.8, 4) is 0 Å². The van der Waals surface area contributed by atoms with E-state index in [4.69, 9.17) is 0 Å². The molecule has 0 radical (unpaired) electrons. The molecule has 0 spiro atoms. The van der Waals surface area contributed by atoms with Crippen molar-refractivity contribution in [2.45, 2.75) is 19.3 Å². The quantitative estimate of drug-likeness (QED) is 0.756. The van der Waals surface area contributed by atoms with Gasteiger partial charge in [0, 0.05) is 31.3 Å². The van der Waals surface area contributed by atoms with Gasteiger partial charge in [0.2, 0.25) is 0 Å². The Kier molecular flexibility index (Phi) is 4.51. The second kappa shape index (κ2) is 5.83. The molecular formula is C13H22N2O4S. The van der Waals surface area contributed by atoms with Crippen molar-refractivity contribution in [3.05, 3.63) is 18.2 Å². The molecule has 1 aliphatic rings. The number of aliphatic hydroxyl groups is 2. The molecule has 1 aliphatic heterocycles. The highest BCUT2D eigenvalue weighted by Crippen LogP contribution is 2.39. The minimum atomic E-state index is -3.02. The van der Waals surface area contributed by atoms with Gasteiger partial charge in [0.15, 0.2) is 9.84 Å². The van der Waals surface area contributed by atoms with Crippen molar-refractivity contribution in [2.24, 2.45) is 18.4 Å². The van der Waals surface area contributed by atoms with Crippen LogP contribution in [0.4, 0.5) is 0 Å². The first-order valence-electron chi connectivity index (χ1n) is 6.81. The molecule has 1 aromatic rings. The zero-order valence-corrected chi connectivity index (χ0v) is 12.5. The van der Waals surface area contributed by atoms with Gasteiger partial charge in [-0.3, -0.25) is 0 Å². The molecule has 114 valence electrons. The van der Waals surface area contributed by atoms with E-state index in [0.29, 0.717) is 19.3 Å². The van der Waals surface area contributed by atoms with Crippen LogP contribution in [0.2, 0.25) is 0 Å². The van der Waals surface area contributed by atoms with Crippen LogP contribution in [-0.4, -0.2) is 52.9 Å². The molecule has 1 fully saturated rings. The summed E-state index contributed by atoms with van der Waals surface area (Å²) in [6.07, 6.45) is 5.21. The van der Waals surface area contributed by atoms with Crippen LogP contribution >= 0.6 is 0 Å². The van der Waals surface area contributed by atoms with Gasteiger partial charge in [-0.25, -0.2) is 13.4 Å². The number of aryl methyl sites for hydroxylation is 2. The molecule has 0 aliphatic carbocycles. The molecule has 2 N–H and O–H groups in total. The average Bonchev–Trinajstić information content (AvgIpc) is 2.98. The first-order chi connectivity index (χ1) is 9.42. The van der Waals surface area contributed by atoms with Gasteiger partial charge in [0.1, 0.15) is 5.82 Å². The topological polar surface area (TPSA) is 92.4 Å². The first-order valence-corrected chi connectivity index (χ1v) is 8.63. The van der Waals surface area contributed by atoms with Crippen molar-refractivity contribution in [2.75, 3.05) is 24.7 Å². The molecule has 1 unspecified atom stereocenters. The number of hydrogen-bond donors (Lipinski definition) is 2. The molecule has 1 saturated heterocycles. The molecule has 20 heavy (non-hydrogen) atoms. The number of imidazole rings is 1.